The predicted octanol–water partition coefficient (Wildman–Crippen LogP) is 1.68. The Balaban J connectivity index is 2.65. The molecule has 0 spiro atoms. The second-order valence-electron chi connectivity index (χ2n) is 4.64. The molecule has 0 unspecified atom stereocenters. The zero-order valence-corrected chi connectivity index (χ0v) is 12.9. The van der Waals surface area contributed by atoms with Crippen molar-refractivity contribution in [1.82, 2.24) is 10.3 Å². The molecule has 0 saturated carbocycles. The molecule has 0 aliphatic carbocycles. The first-order valence-electron chi connectivity index (χ1n) is 7.21. The highest BCUT2D eigenvalue weighted by molar-refractivity contribution is 5.39. The number of aromatic nitrogens is 1. The summed E-state index contributed by atoms with van der Waals surface area (Å²) in [4.78, 5) is 6.89. The van der Waals surface area contributed by atoms with E-state index >= 15 is 0 Å². The van der Waals surface area contributed by atoms with E-state index in [-0.39, 0.29) is 0 Å². The first-order chi connectivity index (χ1) is 9.81. The van der Waals surface area contributed by atoms with Crippen molar-refractivity contribution in [3.05, 3.63) is 23.9 Å². The van der Waals surface area contributed by atoms with Crippen LogP contribution in [0.4, 0.5) is 5.82 Å². The van der Waals surface area contributed by atoms with Crippen LogP contribution >= 0.6 is 0 Å². The summed E-state index contributed by atoms with van der Waals surface area (Å²) in [5.41, 5.74) is 1.07. The fourth-order valence-electron chi connectivity index (χ4n) is 1.88. The van der Waals surface area contributed by atoms with Gasteiger partial charge in [-0.25, -0.2) is 4.98 Å². The maximum absolute atomic E-state index is 5.16. The van der Waals surface area contributed by atoms with Gasteiger partial charge >= 0.3 is 0 Å². The summed E-state index contributed by atoms with van der Waals surface area (Å²) >= 11 is 0. The molecule has 1 rings (SSSR count). The molecule has 5 nitrogen and oxygen atoms in total. The lowest BCUT2D eigenvalue weighted by atomic mass is 10.3. The van der Waals surface area contributed by atoms with Gasteiger partial charge in [0.05, 0.1) is 18.9 Å². The molecule has 1 N–H and O–H groups in total. The van der Waals surface area contributed by atoms with Gasteiger partial charge in [0.25, 0.3) is 0 Å². The van der Waals surface area contributed by atoms with E-state index < -0.39 is 0 Å². The summed E-state index contributed by atoms with van der Waals surface area (Å²) in [7, 11) is 3.43. The zero-order chi connectivity index (χ0) is 14.6. The second-order valence-corrected chi connectivity index (χ2v) is 4.64. The first-order valence-corrected chi connectivity index (χ1v) is 7.21. The summed E-state index contributed by atoms with van der Waals surface area (Å²) in [6.45, 7) is 6.99. The molecule has 0 atom stereocenters. The number of methoxy groups -OCH3 is 2. The summed E-state index contributed by atoms with van der Waals surface area (Å²) in [6.07, 6.45) is 1.13. The molecule has 5 heteroatoms. The third kappa shape index (κ3) is 6.32. The molecule has 0 bridgehead atoms. The van der Waals surface area contributed by atoms with E-state index in [0.717, 1.165) is 44.1 Å². The lowest BCUT2D eigenvalue weighted by Gasteiger charge is -2.23. The second kappa shape index (κ2) is 10.6. The quantitative estimate of drug-likeness (QED) is 0.625. The standard InChI is InChI=1S/C15H27N3O2/c1-4-8-16-13-14-6-5-7-15(17-14)18(9-11-19-2)10-12-20-3/h5-7,16H,4,8-13H2,1-3H3. The van der Waals surface area contributed by atoms with E-state index in [9.17, 15) is 0 Å². The van der Waals surface area contributed by atoms with Crippen molar-refractivity contribution in [1.29, 1.82) is 0 Å². The van der Waals surface area contributed by atoms with Crippen molar-refractivity contribution in [2.45, 2.75) is 19.9 Å². The average molecular weight is 281 g/mol. The lowest BCUT2D eigenvalue weighted by molar-refractivity contribution is 0.190. The minimum atomic E-state index is 0.684. The topological polar surface area (TPSA) is 46.6 Å². The van der Waals surface area contributed by atoms with Crippen LogP contribution < -0.4 is 10.2 Å². The van der Waals surface area contributed by atoms with Crippen LogP contribution in [0, 0.1) is 0 Å². The molecule has 0 fully saturated rings. The SMILES string of the molecule is CCCNCc1cccc(N(CCOC)CCOC)n1. The molecule has 20 heavy (non-hydrogen) atoms. The van der Waals surface area contributed by atoms with Crippen molar-refractivity contribution in [2.75, 3.05) is 52.0 Å². The number of pyridine rings is 1. The number of anilines is 1. The number of hydrogen-bond donors (Lipinski definition) is 1. The van der Waals surface area contributed by atoms with E-state index in [1.54, 1.807) is 14.2 Å². The maximum atomic E-state index is 5.16. The van der Waals surface area contributed by atoms with Gasteiger partial charge < -0.3 is 19.7 Å². The average Bonchev–Trinajstić information content (AvgIpc) is 2.48. The monoisotopic (exact) mass is 281 g/mol. The Hall–Kier alpha value is -1.17. The summed E-state index contributed by atoms with van der Waals surface area (Å²) < 4.78 is 10.3. The number of nitrogens with zero attached hydrogens (tertiary/aromatic N) is 2. The summed E-state index contributed by atoms with van der Waals surface area (Å²) in [6, 6.07) is 6.14. The molecular weight excluding hydrogens is 254 g/mol. The molecular formula is C15H27N3O2. The zero-order valence-electron chi connectivity index (χ0n) is 12.9. The van der Waals surface area contributed by atoms with E-state index in [0.29, 0.717) is 13.2 Å². The third-order valence-corrected chi connectivity index (χ3v) is 2.98. The van der Waals surface area contributed by atoms with Gasteiger partial charge in [-0.3, -0.25) is 0 Å². The minimum absolute atomic E-state index is 0.684. The Bertz CT molecular complexity index is 353. The van der Waals surface area contributed by atoms with Gasteiger partial charge in [0.15, 0.2) is 0 Å². The van der Waals surface area contributed by atoms with E-state index in [1.807, 2.05) is 6.07 Å². The van der Waals surface area contributed by atoms with E-state index in [2.05, 4.69) is 29.3 Å². The molecule has 0 saturated heterocycles. The predicted molar refractivity (Wildman–Crippen MR) is 82.2 cm³/mol. The van der Waals surface area contributed by atoms with Crippen LogP contribution in [0.15, 0.2) is 18.2 Å². The van der Waals surface area contributed by atoms with Crippen molar-refractivity contribution < 1.29 is 9.47 Å². The van der Waals surface area contributed by atoms with Gasteiger partial charge in [-0.1, -0.05) is 13.0 Å². The molecule has 1 aromatic heterocycles. The Morgan fingerprint density at radius 3 is 2.45 bits per heavy atom. The largest absolute Gasteiger partial charge is 0.383 e. The molecule has 0 amide bonds. The van der Waals surface area contributed by atoms with E-state index in [1.165, 1.54) is 0 Å². The van der Waals surface area contributed by atoms with Gasteiger partial charge in [0.2, 0.25) is 0 Å². The molecule has 1 heterocycles. The van der Waals surface area contributed by atoms with Gasteiger partial charge in [-0.05, 0) is 25.1 Å². The van der Waals surface area contributed by atoms with Gasteiger partial charge in [-0.15, -0.1) is 0 Å². The van der Waals surface area contributed by atoms with Crippen LogP contribution in [-0.4, -0.2) is 52.1 Å². The van der Waals surface area contributed by atoms with Gasteiger partial charge in [0.1, 0.15) is 5.82 Å². The van der Waals surface area contributed by atoms with Crippen molar-refractivity contribution in [3.8, 4) is 0 Å². The highest BCUT2D eigenvalue weighted by Gasteiger charge is 2.08. The highest BCUT2D eigenvalue weighted by atomic mass is 16.5. The Kier molecular flexibility index (Phi) is 8.95. The van der Waals surface area contributed by atoms with Crippen LogP contribution in [0.25, 0.3) is 0 Å². The first kappa shape index (κ1) is 16.9. The molecule has 0 aromatic carbocycles. The fraction of sp³-hybridized carbons (Fsp3) is 0.667. The summed E-state index contributed by atoms with van der Waals surface area (Å²) in [5.74, 6) is 0.981. The molecule has 114 valence electrons. The van der Waals surface area contributed by atoms with Crippen LogP contribution in [-0.2, 0) is 16.0 Å². The number of ether oxygens (including phenoxy) is 2. The Morgan fingerprint density at radius 2 is 1.85 bits per heavy atom. The molecule has 0 aliphatic rings. The fourth-order valence-corrected chi connectivity index (χ4v) is 1.88. The molecule has 0 radical (unpaired) electrons. The molecule has 1 aromatic rings. The van der Waals surface area contributed by atoms with E-state index in [4.69, 9.17) is 14.5 Å². The minimum Gasteiger partial charge on any atom is -0.383 e. The number of rotatable bonds is 11. The maximum Gasteiger partial charge on any atom is 0.129 e. The van der Waals surface area contributed by atoms with Crippen LogP contribution in [0.2, 0.25) is 0 Å². The Labute approximate surface area is 122 Å². The van der Waals surface area contributed by atoms with Gasteiger partial charge in [-0.2, -0.15) is 0 Å². The van der Waals surface area contributed by atoms with Crippen LogP contribution in [0.5, 0.6) is 0 Å². The van der Waals surface area contributed by atoms with Crippen LogP contribution in [0.3, 0.4) is 0 Å². The lowest BCUT2D eigenvalue weighted by Crippen LogP contribution is -2.31. The van der Waals surface area contributed by atoms with Crippen LogP contribution in [0.1, 0.15) is 19.0 Å². The highest BCUT2D eigenvalue weighted by Crippen LogP contribution is 2.11. The van der Waals surface area contributed by atoms with Crippen molar-refractivity contribution in [2.24, 2.45) is 0 Å². The third-order valence-electron chi connectivity index (χ3n) is 2.98. The Morgan fingerprint density at radius 1 is 1.15 bits per heavy atom. The summed E-state index contributed by atoms with van der Waals surface area (Å²) in [5, 5.41) is 3.37. The van der Waals surface area contributed by atoms with Crippen molar-refractivity contribution in [3.63, 3.8) is 0 Å². The number of hydrogen-bond acceptors (Lipinski definition) is 5. The smallest absolute Gasteiger partial charge is 0.129 e. The van der Waals surface area contributed by atoms with Gasteiger partial charge in [0, 0.05) is 33.9 Å². The van der Waals surface area contributed by atoms with Crippen molar-refractivity contribution >= 4 is 5.82 Å². The normalized spacial score (nSPS) is 10.8. The number of nitrogens with one attached hydrogen (secondary N) is 1. The molecule has 0 aliphatic heterocycles.